The van der Waals surface area contributed by atoms with Crippen molar-refractivity contribution in [3.63, 3.8) is 0 Å². The SMILES string of the molecule is CCC(=O)ONC(=O)c1nc(Cl)c2cc(Oc3ccccc3)ccc2c1O. The fraction of sp³-hybridized carbons (Fsp3) is 0.105. The number of hydrogen-bond donors (Lipinski definition) is 2. The van der Waals surface area contributed by atoms with Crippen LogP contribution in [-0.2, 0) is 9.63 Å². The van der Waals surface area contributed by atoms with E-state index in [2.05, 4.69) is 9.82 Å². The number of ether oxygens (including phenoxy) is 1. The average Bonchev–Trinajstić information content (AvgIpc) is 2.69. The third-order valence-corrected chi connectivity index (χ3v) is 3.93. The molecule has 8 heteroatoms. The van der Waals surface area contributed by atoms with Crippen LogP contribution < -0.4 is 10.2 Å². The number of nitrogens with zero attached hydrogens (tertiary/aromatic N) is 1. The van der Waals surface area contributed by atoms with Gasteiger partial charge in [0.25, 0.3) is 0 Å². The standard InChI is InChI=1S/C19H15ClN2O5/c1-2-15(23)27-22-19(25)16-17(24)13-9-8-12(10-14(13)18(20)21-16)26-11-6-4-3-5-7-11/h3-10,24H,2H2,1H3,(H,22,25). The summed E-state index contributed by atoms with van der Waals surface area (Å²) in [5, 5.41) is 11.1. The molecule has 138 valence electrons. The molecular weight excluding hydrogens is 372 g/mol. The third-order valence-electron chi connectivity index (χ3n) is 3.64. The van der Waals surface area contributed by atoms with E-state index in [-0.39, 0.29) is 23.0 Å². The van der Waals surface area contributed by atoms with E-state index in [9.17, 15) is 14.7 Å². The molecule has 27 heavy (non-hydrogen) atoms. The molecule has 7 nitrogen and oxygen atoms in total. The van der Waals surface area contributed by atoms with Gasteiger partial charge in [0.2, 0.25) is 0 Å². The van der Waals surface area contributed by atoms with Gasteiger partial charge in [0.05, 0.1) is 0 Å². The summed E-state index contributed by atoms with van der Waals surface area (Å²) in [7, 11) is 0. The highest BCUT2D eigenvalue weighted by atomic mass is 35.5. The molecule has 0 saturated heterocycles. The van der Waals surface area contributed by atoms with Gasteiger partial charge in [-0.15, -0.1) is 0 Å². The van der Waals surface area contributed by atoms with E-state index < -0.39 is 11.9 Å². The number of carbonyl (C=O) groups excluding carboxylic acids is 2. The summed E-state index contributed by atoms with van der Waals surface area (Å²) in [5.74, 6) is -0.768. The van der Waals surface area contributed by atoms with Crippen LogP contribution >= 0.6 is 11.6 Å². The number of halogens is 1. The predicted octanol–water partition coefficient (Wildman–Crippen LogP) is 3.98. The van der Waals surface area contributed by atoms with Gasteiger partial charge in [-0.3, -0.25) is 4.79 Å². The topological polar surface area (TPSA) is 97.8 Å². The summed E-state index contributed by atoms with van der Waals surface area (Å²) in [6.07, 6.45) is 0.0857. The van der Waals surface area contributed by atoms with Gasteiger partial charge in [0, 0.05) is 17.2 Å². The lowest BCUT2D eigenvalue weighted by molar-refractivity contribution is -0.148. The molecule has 2 aromatic carbocycles. The highest BCUT2D eigenvalue weighted by Crippen LogP contribution is 2.35. The van der Waals surface area contributed by atoms with Crippen LogP contribution in [0.4, 0.5) is 0 Å². The number of pyridine rings is 1. The molecule has 0 aliphatic rings. The van der Waals surface area contributed by atoms with Crippen LogP contribution in [0.5, 0.6) is 17.2 Å². The second-order valence-corrected chi connectivity index (χ2v) is 5.84. The second kappa shape index (κ2) is 7.92. The lowest BCUT2D eigenvalue weighted by Crippen LogP contribution is -2.27. The molecule has 0 saturated carbocycles. The van der Waals surface area contributed by atoms with Crippen molar-refractivity contribution in [2.75, 3.05) is 0 Å². The minimum Gasteiger partial charge on any atom is -0.505 e. The number of rotatable bonds is 4. The number of benzene rings is 2. The van der Waals surface area contributed by atoms with Crippen molar-refractivity contribution in [3.05, 3.63) is 59.4 Å². The molecular formula is C19H15ClN2O5. The van der Waals surface area contributed by atoms with Crippen LogP contribution in [0.15, 0.2) is 48.5 Å². The number of hydroxylamine groups is 1. The van der Waals surface area contributed by atoms with Crippen LogP contribution in [0.2, 0.25) is 5.15 Å². The zero-order valence-corrected chi connectivity index (χ0v) is 15.0. The van der Waals surface area contributed by atoms with Gasteiger partial charge in [-0.2, -0.15) is 5.48 Å². The Hall–Kier alpha value is -3.32. The van der Waals surface area contributed by atoms with E-state index in [1.807, 2.05) is 23.7 Å². The summed E-state index contributed by atoms with van der Waals surface area (Å²) in [6, 6.07) is 13.9. The quantitative estimate of drug-likeness (QED) is 0.519. The summed E-state index contributed by atoms with van der Waals surface area (Å²) in [4.78, 5) is 31.7. The fourth-order valence-electron chi connectivity index (χ4n) is 2.31. The Morgan fingerprint density at radius 2 is 1.85 bits per heavy atom. The Kier molecular flexibility index (Phi) is 5.42. The fourth-order valence-corrected chi connectivity index (χ4v) is 2.55. The molecule has 0 radical (unpaired) electrons. The van der Waals surface area contributed by atoms with Crippen LogP contribution in [-0.4, -0.2) is 22.0 Å². The van der Waals surface area contributed by atoms with Crippen LogP contribution in [0.25, 0.3) is 10.8 Å². The van der Waals surface area contributed by atoms with Gasteiger partial charge in [-0.25, -0.2) is 9.78 Å². The van der Waals surface area contributed by atoms with Gasteiger partial charge < -0.3 is 14.7 Å². The molecule has 1 aromatic heterocycles. The number of fused-ring (bicyclic) bond motifs is 1. The first kappa shape index (κ1) is 18.5. The van der Waals surface area contributed by atoms with Gasteiger partial charge in [-0.1, -0.05) is 36.7 Å². The lowest BCUT2D eigenvalue weighted by atomic mass is 10.1. The maximum absolute atomic E-state index is 12.1. The molecule has 1 amide bonds. The zero-order valence-electron chi connectivity index (χ0n) is 14.2. The molecule has 0 spiro atoms. The minimum absolute atomic E-state index is 0.00622. The molecule has 0 aliphatic carbocycles. The molecule has 0 fully saturated rings. The van der Waals surface area contributed by atoms with E-state index in [1.54, 1.807) is 37.3 Å². The van der Waals surface area contributed by atoms with Crippen LogP contribution in [0, 0.1) is 0 Å². The van der Waals surface area contributed by atoms with Crippen molar-refractivity contribution in [1.29, 1.82) is 0 Å². The average molecular weight is 387 g/mol. The summed E-state index contributed by atoms with van der Waals surface area (Å²) >= 11 is 6.18. The lowest BCUT2D eigenvalue weighted by Gasteiger charge is -2.11. The van der Waals surface area contributed by atoms with Crippen molar-refractivity contribution in [3.8, 4) is 17.2 Å². The first-order valence-corrected chi connectivity index (χ1v) is 8.42. The monoisotopic (exact) mass is 386 g/mol. The minimum atomic E-state index is -0.886. The highest BCUT2D eigenvalue weighted by Gasteiger charge is 2.20. The Balaban J connectivity index is 1.92. The Morgan fingerprint density at radius 1 is 1.11 bits per heavy atom. The van der Waals surface area contributed by atoms with E-state index in [0.717, 1.165) is 0 Å². The normalized spacial score (nSPS) is 10.4. The van der Waals surface area contributed by atoms with Gasteiger partial charge >= 0.3 is 11.9 Å². The largest absolute Gasteiger partial charge is 0.505 e. The van der Waals surface area contributed by atoms with Crippen molar-refractivity contribution in [1.82, 2.24) is 10.5 Å². The molecule has 0 unspecified atom stereocenters. The molecule has 0 bridgehead atoms. The molecule has 3 rings (SSSR count). The maximum Gasteiger partial charge on any atom is 0.331 e. The van der Waals surface area contributed by atoms with Crippen LogP contribution in [0.1, 0.15) is 23.8 Å². The van der Waals surface area contributed by atoms with E-state index in [1.165, 1.54) is 0 Å². The number of amides is 1. The smallest absolute Gasteiger partial charge is 0.331 e. The number of nitrogens with one attached hydrogen (secondary N) is 1. The Labute approximate surface area is 159 Å². The van der Waals surface area contributed by atoms with Crippen molar-refractivity contribution in [2.45, 2.75) is 13.3 Å². The third kappa shape index (κ3) is 4.09. The van der Waals surface area contributed by atoms with E-state index in [4.69, 9.17) is 16.3 Å². The summed E-state index contributed by atoms with van der Waals surface area (Å²) < 4.78 is 5.73. The highest BCUT2D eigenvalue weighted by molar-refractivity contribution is 6.35. The van der Waals surface area contributed by atoms with Crippen LogP contribution in [0.3, 0.4) is 0 Å². The summed E-state index contributed by atoms with van der Waals surface area (Å²) in [6.45, 7) is 1.58. The Bertz CT molecular complexity index is 1010. The van der Waals surface area contributed by atoms with Crippen molar-refractivity contribution in [2.24, 2.45) is 0 Å². The van der Waals surface area contributed by atoms with Crippen molar-refractivity contribution < 1.29 is 24.3 Å². The Morgan fingerprint density at radius 3 is 2.56 bits per heavy atom. The number of hydrogen-bond acceptors (Lipinski definition) is 6. The van der Waals surface area contributed by atoms with Crippen molar-refractivity contribution >= 4 is 34.2 Å². The van der Waals surface area contributed by atoms with Gasteiger partial charge in [0.1, 0.15) is 16.7 Å². The zero-order chi connectivity index (χ0) is 19.4. The molecule has 1 heterocycles. The van der Waals surface area contributed by atoms with Gasteiger partial charge in [0.15, 0.2) is 11.4 Å². The van der Waals surface area contributed by atoms with Gasteiger partial charge in [-0.05, 0) is 30.3 Å². The maximum atomic E-state index is 12.1. The number of aromatic nitrogens is 1. The van der Waals surface area contributed by atoms with E-state index >= 15 is 0 Å². The molecule has 3 aromatic rings. The first-order chi connectivity index (χ1) is 13.0. The van der Waals surface area contributed by atoms with E-state index in [0.29, 0.717) is 22.3 Å². The molecule has 2 N–H and O–H groups in total. The second-order valence-electron chi connectivity index (χ2n) is 5.48. The predicted molar refractivity (Wildman–Crippen MR) is 98.8 cm³/mol. The number of aromatic hydroxyl groups is 1. The molecule has 0 aliphatic heterocycles. The first-order valence-electron chi connectivity index (χ1n) is 8.04. The number of carbonyl (C=O) groups is 2. The molecule has 0 atom stereocenters. The summed E-state index contributed by atoms with van der Waals surface area (Å²) in [5.41, 5.74) is 1.58. The number of para-hydroxylation sites is 1.